The molecule has 0 radical (unpaired) electrons. The second-order valence-electron chi connectivity index (χ2n) is 4.16. The number of pyridine rings is 1. The van der Waals surface area contributed by atoms with Gasteiger partial charge >= 0.3 is 0 Å². The SMILES string of the molecule is N/C(=N/O)C1CCCN1Cc1cncc(F)c1. The van der Waals surface area contributed by atoms with Crippen LogP contribution in [-0.4, -0.2) is 33.5 Å². The molecule has 0 amide bonds. The maximum absolute atomic E-state index is 13.0. The van der Waals surface area contributed by atoms with Crippen molar-refractivity contribution in [2.75, 3.05) is 6.54 Å². The standard InChI is InChI=1S/C11H15FN4O/c12-9-4-8(5-14-6-9)7-16-3-1-2-10(16)11(13)15-17/h4-6,10,17H,1-3,7H2,(H2,13,15). The molecular weight excluding hydrogens is 223 g/mol. The van der Waals surface area contributed by atoms with E-state index in [1.54, 1.807) is 6.20 Å². The molecule has 0 bridgehead atoms. The van der Waals surface area contributed by atoms with Crippen LogP contribution in [0.4, 0.5) is 4.39 Å². The lowest BCUT2D eigenvalue weighted by atomic mass is 10.2. The number of aromatic nitrogens is 1. The molecule has 1 unspecified atom stereocenters. The van der Waals surface area contributed by atoms with Crippen molar-refractivity contribution < 1.29 is 9.60 Å². The lowest BCUT2D eigenvalue weighted by Crippen LogP contribution is -2.40. The topological polar surface area (TPSA) is 74.7 Å². The fraction of sp³-hybridized carbons (Fsp3) is 0.455. The molecule has 1 aromatic rings. The number of likely N-dealkylation sites (tertiary alicyclic amines) is 1. The monoisotopic (exact) mass is 238 g/mol. The van der Waals surface area contributed by atoms with Crippen LogP contribution in [0.25, 0.3) is 0 Å². The van der Waals surface area contributed by atoms with Gasteiger partial charge in [0.1, 0.15) is 5.82 Å². The van der Waals surface area contributed by atoms with E-state index in [2.05, 4.69) is 15.0 Å². The molecule has 0 aliphatic carbocycles. The minimum absolute atomic E-state index is 0.0664. The second kappa shape index (κ2) is 5.09. The Balaban J connectivity index is 2.08. The number of oxime groups is 1. The Morgan fingerprint density at radius 3 is 3.18 bits per heavy atom. The first kappa shape index (κ1) is 11.8. The molecule has 1 aromatic heterocycles. The van der Waals surface area contributed by atoms with Crippen LogP contribution in [0.2, 0.25) is 0 Å². The van der Waals surface area contributed by atoms with Gasteiger partial charge in [0, 0.05) is 12.7 Å². The highest BCUT2D eigenvalue weighted by molar-refractivity contribution is 5.85. The van der Waals surface area contributed by atoms with Gasteiger partial charge in [-0.2, -0.15) is 0 Å². The van der Waals surface area contributed by atoms with Gasteiger partial charge in [-0.25, -0.2) is 4.39 Å². The molecule has 0 saturated carbocycles. The summed E-state index contributed by atoms with van der Waals surface area (Å²) in [4.78, 5) is 5.86. The Hall–Kier alpha value is -1.69. The van der Waals surface area contributed by atoms with Crippen molar-refractivity contribution >= 4 is 5.84 Å². The molecule has 0 aromatic carbocycles. The Morgan fingerprint density at radius 2 is 2.47 bits per heavy atom. The highest BCUT2D eigenvalue weighted by atomic mass is 19.1. The molecule has 1 aliphatic heterocycles. The molecule has 5 nitrogen and oxygen atoms in total. The quantitative estimate of drug-likeness (QED) is 0.355. The molecule has 6 heteroatoms. The Morgan fingerprint density at radius 1 is 1.65 bits per heavy atom. The summed E-state index contributed by atoms with van der Waals surface area (Å²) >= 11 is 0. The Bertz CT molecular complexity index is 424. The van der Waals surface area contributed by atoms with Gasteiger partial charge in [-0.1, -0.05) is 5.16 Å². The highest BCUT2D eigenvalue weighted by Gasteiger charge is 2.27. The van der Waals surface area contributed by atoms with E-state index in [9.17, 15) is 4.39 Å². The van der Waals surface area contributed by atoms with Crippen molar-refractivity contribution in [2.45, 2.75) is 25.4 Å². The van der Waals surface area contributed by atoms with E-state index in [0.29, 0.717) is 6.54 Å². The average Bonchev–Trinajstić information content (AvgIpc) is 2.76. The Kier molecular flexibility index (Phi) is 3.53. The van der Waals surface area contributed by atoms with Crippen LogP contribution in [0.15, 0.2) is 23.6 Å². The van der Waals surface area contributed by atoms with Crippen LogP contribution in [0.3, 0.4) is 0 Å². The van der Waals surface area contributed by atoms with Crippen LogP contribution in [-0.2, 0) is 6.54 Å². The van der Waals surface area contributed by atoms with Gasteiger partial charge < -0.3 is 10.9 Å². The molecule has 2 heterocycles. The summed E-state index contributed by atoms with van der Waals surface area (Å²) < 4.78 is 13.0. The summed E-state index contributed by atoms with van der Waals surface area (Å²) in [6.07, 6.45) is 4.65. The smallest absolute Gasteiger partial charge is 0.156 e. The Labute approximate surface area is 98.7 Å². The van der Waals surface area contributed by atoms with Gasteiger partial charge in [-0.05, 0) is 31.0 Å². The summed E-state index contributed by atoms with van der Waals surface area (Å²) in [6.45, 7) is 1.42. The van der Waals surface area contributed by atoms with E-state index in [1.165, 1.54) is 12.3 Å². The summed E-state index contributed by atoms with van der Waals surface area (Å²) in [7, 11) is 0. The van der Waals surface area contributed by atoms with E-state index in [0.717, 1.165) is 24.9 Å². The summed E-state index contributed by atoms with van der Waals surface area (Å²) in [5.74, 6) is -0.131. The summed E-state index contributed by atoms with van der Waals surface area (Å²) in [5, 5.41) is 11.7. The lowest BCUT2D eigenvalue weighted by molar-refractivity contribution is 0.274. The summed E-state index contributed by atoms with van der Waals surface area (Å²) in [5.41, 5.74) is 6.41. The van der Waals surface area contributed by atoms with Crippen molar-refractivity contribution in [3.63, 3.8) is 0 Å². The molecule has 17 heavy (non-hydrogen) atoms. The van der Waals surface area contributed by atoms with Crippen molar-refractivity contribution in [1.82, 2.24) is 9.88 Å². The molecule has 92 valence electrons. The first-order valence-corrected chi connectivity index (χ1v) is 5.51. The van der Waals surface area contributed by atoms with Crippen molar-refractivity contribution in [2.24, 2.45) is 10.9 Å². The van der Waals surface area contributed by atoms with Crippen molar-refractivity contribution in [3.8, 4) is 0 Å². The highest BCUT2D eigenvalue weighted by Crippen LogP contribution is 2.20. The van der Waals surface area contributed by atoms with Crippen LogP contribution in [0.1, 0.15) is 18.4 Å². The number of rotatable bonds is 3. The number of amidine groups is 1. The molecule has 2 rings (SSSR count). The maximum Gasteiger partial charge on any atom is 0.156 e. The maximum atomic E-state index is 13.0. The molecule has 1 atom stereocenters. The number of nitrogens with two attached hydrogens (primary N) is 1. The van der Waals surface area contributed by atoms with Gasteiger partial charge in [0.15, 0.2) is 5.84 Å². The normalized spacial score (nSPS) is 21.9. The molecule has 1 saturated heterocycles. The van der Waals surface area contributed by atoms with Crippen LogP contribution >= 0.6 is 0 Å². The first-order chi connectivity index (χ1) is 8.20. The predicted octanol–water partition coefficient (Wildman–Crippen LogP) is 0.931. The van der Waals surface area contributed by atoms with Gasteiger partial charge in [0.25, 0.3) is 0 Å². The molecule has 0 spiro atoms. The number of hydrogen-bond donors (Lipinski definition) is 2. The number of hydrogen-bond acceptors (Lipinski definition) is 4. The van der Waals surface area contributed by atoms with E-state index in [-0.39, 0.29) is 17.7 Å². The van der Waals surface area contributed by atoms with E-state index < -0.39 is 0 Å². The van der Waals surface area contributed by atoms with Gasteiger partial charge in [-0.3, -0.25) is 9.88 Å². The predicted molar refractivity (Wildman–Crippen MR) is 61.0 cm³/mol. The molecule has 1 aliphatic rings. The van der Waals surface area contributed by atoms with E-state index in [4.69, 9.17) is 10.9 Å². The fourth-order valence-corrected chi connectivity index (χ4v) is 2.19. The zero-order valence-corrected chi connectivity index (χ0v) is 9.38. The summed E-state index contributed by atoms with van der Waals surface area (Å²) in [6, 6.07) is 1.39. The molecule has 1 fully saturated rings. The largest absolute Gasteiger partial charge is 0.409 e. The lowest BCUT2D eigenvalue weighted by Gasteiger charge is -2.22. The third kappa shape index (κ3) is 2.71. The zero-order valence-electron chi connectivity index (χ0n) is 9.38. The van der Waals surface area contributed by atoms with Gasteiger partial charge in [0.05, 0.1) is 12.2 Å². The van der Waals surface area contributed by atoms with Crippen LogP contribution < -0.4 is 5.73 Å². The van der Waals surface area contributed by atoms with Crippen molar-refractivity contribution in [1.29, 1.82) is 0 Å². The molecule has 3 N–H and O–H groups in total. The minimum Gasteiger partial charge on any atom is -0.409 e. The van der Waals surface area contributed by atoms with Gasteiger partial charge in [0.2, 0.25) is 0 Å². The third-order valence-electron chi connectivity index (χ3n) is 2.97. The van der Waals surface area contributed by atoms with E-state index >= 15 is 0 Å². The number of nitrogens with zero attached hydrogens (tertiary/aromatic N) is 3. The first-order valence-electron chi connectivity index (χ1n) is 5.51. The van der Waals surface area contributed by atoms with Gasteiger partial charge in [-0.15, -0.1) is 0 Å². The second-order valence-corrected chi connectivity index (χ2v) is 4.16. The van der Waals surface area contributed by atoms with Crippen LogP contribution in [0, 0.1) is 5.82 Å². The fourth-order valence-electron chi connectivity index (χ4n) is 2.19. The van der Waals surface area contributed by atoms with E-state index in [1.807, 2.05) is 0 Å². The number of halogens is 1. The minimum atomic E-state index is -0.345. The van der Waals surface area contributed by atoms with Crippen LogP contribution in [0.5, 0.6) is 0 Å². The molecular formula is C11H15FN4O. The van der Waals surface area contributed by atoms with Crippen molar-refractivity contribution in [3.05, 3.63) is 29.8 Å². The average molecular weight is 238 g/mol. The zero-order chi connectivity index (χ0) is 12.3. The third-order valence-corrected chi connectivity index (χ3v) is 2.97.